The molecule has 0 radical (unpaired) electrons. The van der Waals surface area contributed by atoms with Gasteiger partial charge in [0, 0.05) is 31.1 Å². The first kappa shape index (κ1) is 16.4. The van der Waals surface area contributed by atoms with E-state index in [0.717, 1.165) is 51.2 Å². The van der Waals surface area contributed by atoms with Gasteiger partial charge in [0.25, 0.3) is 0 Å². The molecule has 0 amide bonds. The van der Waals surface area contributed by atoms with E-state index in [1.165, 1.54) is 12.0 Å². The van der Waals surface area contributed by atoms with Crippen LogP contribution >= 0.6 is 11.3 Å². The van der Waals surface area contributed by atoms with E-state index < -0.39 is 0 Å². The fourth-order valence-corrected chi connectivity index (χ4v) is 3.32. The van der Waals surface area contributed by atoms with Gasteiger partial charge >= 0.3 is 5.97 Å². The summed E-state index contributed by atoms with van der Waals surface area (Å²) < 4.78 is 10.4. The predicted molar refractivity (Wildman–Crippen MR) is 82.6 cm³/mol. The van der Waals surface area contributed by atoms with E-state index >= 15 is 0 Å². The number of hydrogen-bond acceptors (Lipinski definition) is 6. The highest BCUT2D eigenvalue weighted by Crippen LogP contribution is 2.16. The third-order valence-corrected chi connectivity index (χ3v) is 4.84. The summed E-state index contributed by atoms with van der Waals surface area (Å²) >= 11 is 1.70. The fourth-order valence-electron chi connectivity index (χ4n) is 2.55. The lowest BCUT2D eigenvalue weighted by atomic mass is 10.2. The molecule has 2 heterocycles. The molecule has 1 unspecified atom stereocenters. The number of aryl methyl sites for hydroxylation is 1. The number of esters is 1. The van der Waals surface area contributed by atoms with Crippen molar-refractivity contribution in [2.75, 3.05) is 33.4 Å². The molecular formula is C15H24N2O3S. The summed E-state index contributed by atoms with van der Waals surface area (Å²) in [7, 11) is 1.44. The smallest absolute Gasteiger partial charge is 0.306 e. The largest absolute Gasteiger partial charge is 0.469 e. The molecule has 2 rings (SSSR count). The maximum atomic E-state index is 11.4. The van der Waals surface area contributed by atoms with Gasteiger partial charge in [-0.25, -0.2) is 4.98 Å². The number of rotatable bonds is 8. The number of aromatic nitrogens is 1. The average Bonchev–Trinajstić information content (AvgIpc) is 3.13. The van der Waals surface area contributed by atoms with Gasteiger partial charge in [0.05, 0.1) is 30.8 Å². The van der Waals surface area contributed by atoms with Crippen molar-refractivity contribution in [1.29, 1.82) is 0 Å². The Morgan fingerprint density at radius 3 is 3.05 bits per heavy atom. The Morgan fingerprint density at radius 2 is 2.43 bits per heavy atom. The van der Waals surface area contributed by atoms with Gasteiger partial charge < -0.3 is 9.47 Å². The van der Waals surface area contributed by atoms with Crippen molar-refractivity contribution < 1.29 is 14.3 Å². The Hall–Kier alpha value is -0.980. The van der Waals surface area contributed by atoms with E-state index in [9.17, 15) is 4.79 Å². The van der Waals surface area contributed by atoms with Crippen molar-refractivity contribution in [3.8, 4) is 0 Å². The second-order valence-corrected chi connectivity index (χ2v) is 6.31. The molecule has 21 heavy (non-hydrogen) atoms. The van der Waals surface area contributed by atoms with E-state index in [1.54, 1.807) is 11.3 Å². The highest BCUT2D eigenvalue weighted by atomic mass is 32.1. The molecule has 0 saturated carbocycles. The molecule has 0 N–H and O–H groups in total. The van der Waals surface area contributed by atoms with Gasteiger partial charge in [-0.15, -0.1) is 11.3 Å². The van der Waals surface area contributed by atoms with Gasteiger partial charge in [-0.1, -0.05) is 0 Å². The fraction of sp³-hybridized carbons (Fsp3) is 0.733. The number of carbonyl (C=O) groups is 1. The Morgan fingerprint density at radius 1 is 1.57 bits per heavy atom. The summed E-state index contributed by atoms with van der Waals surface area (Å²) in [5.41, 5.74) is 3.01. The molecular weight excluding hydrogens is 288 g/mol. The van der Waals surface area contributed by atoms with Crippen LogP contribution in [-0.2, 0) is 20.7 Å². The van der Waals surface area contributed by atoms with Crippen LogP contribution in [0, 0.1) is 6.92 Å². The minimum Gasteiger partial charge on any atom is -0.469 e. The summed E-state index contributed by atoms with van der Waals surface area (Å²) in [5, 5.41) is 0. The summed E-state index contributed by atoms with van der Waals surface area (Å²) in [6.45, 7) is 5.47. The Labute approximate surface area is 130 Å². The van der Waals surface area contributed by atoms with Crippen molar-refractivity contribution in [2.24, 2.45) is 0 Å². The van der Waals surface area contributed by atoms with Gasteiger partial charge in [0.1, 0.15) is 0 Å². The molecule has 0 aromatic carbocycles. The molecule has 1 fully saturated rings. The first-order valence-corrected chi connectivity index (χ1v) is 8.36. The lowest BCUT2D eigenvalue weighted by Crippen LogP contribution is -2.35. The van der Waals surface area contributed by atoms with E-state index in [-0.39, 0.29) is 5.97 Å². The maximum Gasteiger partial charge on any atom is 0.306 e. The average molecular weight is 312 g/mol. The van der Waals surface area contributed by atoms with Crippen LogP contribution in [0.4, 0.5) is 0 Å². The Bertz CT molecular complexity index is 444. The highest BCUT2D eigenvalue weighted by Gasteiger charge is 2.20. The molecule has 118 valence electrons. The van der Waals surface area contributed by atoms with Crippen molar-refractivity contribution in [1.82, 2.24) is 9.88 Å². The van der Waals surface area contributed by atoms with Crippen LogP contribution in [0.1, 0.15) is 29.8 Å². The molecule has 1 aromatic heterocycles. The van der Waals surface area contributed by atoms with E-state index in [2.05, 4.69) is 9.88 Å². The zero-order chi connectivity index (χ0) is 15.1. The molecule has 6 heteroatoms. The minimum absolute atomic E-state index is 0.152. The topological polar surface area (TPSA) is 51.7 Å². The second-order valence-electron chi connectivity index (χ2n) is 5.37. The summed E-state index contributed by atoms with van der Waals surface area (Å²) in [5.74, 6) is -0.152. The molecule has 0 bridgehead atoms. The van der Waals surface area contributed by atoms with Crippen LogP contribution < -0.4 is 0 Å². The van der Waals surface area contributed by atoms with Crippen molar-refractivity contribution in [3.63, 3.8) is 0 Å². The number of ether oxygens (including phenoxy) is 2. The minimum atomic E-state index is -0.152. The predicted octanol–water partition coefficient (Wildman–Crippen LogP) is 2.04. The number of thiazole rings is 1. The van der Waals surface area contributed by atoms with Crippen LogP contribution in [-0.4, -0.2) is 55.3 Å². The van der Waals surface area contributed by atoms with Gasteiger partial charge in [-0.05, 0) is 26.2 Å². The molecule has 1 aliphatic rings. The number of carbonyl (C=O) groups excluding carboxylic acids is 1. The lowest BCUT2D eigenvalue weighted by Gasteiger charge is -2.24. The molecule has 1 atom stereocenters. The third kappa shape index (κ3) is 5.37. The summed E-state index contributed by atoms with van der Waals surface area (Å²) in [4.78, 5) is 19.3. The number of methoxy groups -OCH3 is 1. The zero-order valence-corrected chi connectivity index (χ0v) is 13.7. The Balaban J connectivity index is 1.84. The lowest BCUT2D eigenvalue weighted by molar-refractivity contribution is -0.141. The van der Waals surface area contributed by atoms with Gasteiger partial charge in [0.15, 0.2) is 0 Å². The molecule has 0 aliphatic carbocycles. The van der Waals surface area contributed by atoms with Crippen LogP contribution in [0.3, 0.4) is 0 Å². The van der Waals surface area contributed by atoms with Gasteiger partial charge in [0.2, 0.25) is 0 Å². The standard InChI is InChI=1S/C15H24N2O3S/c1-12-14(21-11-16-12)5-7-17(8-6-15(18)19-2)10-13-4-3-9-20-13/h11,13H,3-10H2,1-2H3. The van der Waals surface area contributed by atoms with Crippen LogP contribution in [0.2, 0.25) is 0 Å². The number of nitrogens with zero attached hydrogens (tertiary/aromatic N) is 2. The van der Waals surface area contributed by atoms with Crippen molar-refractivity contribution in [3.05, 3.63) is 16.1 Å². The van der Waals surface area contributed by atoms with Gasteiger partial charge in [-0.2, -0.15) is 0 Å². The first-order valence-electron chi connectivity index (χ1n) is 7.48. The van der Waals surface area contributed by atoms with Crippen molar-refractivity contribution >= 4 is 17.3 Å². The van der Waals surface area contributed by atoms with Crippen LogP contribution in [0.15, 0.2) is 5.51 Å². The first-order chi connectivity index (χ1) is 10.2. The zero-order valence-electron chi connectivity index (χ0n) is 12.8. The SMILES string of the molecule is COC(=O)CCN(CCc1scnc1C)CC1CCCO1. The molecule has 1 aliphatic heterocycles. The summed E-state index contributed by atoms with van der Waals surface area (Å²) in [6, 6.07) is 0. The highest BCUT2D eigenvalue weighted by molar-refractivity contribution is 7.09. The summed E-state index contributed by atoms with van der Waals surface area (Å²) in [6.07, 6.45) is 3.98. The quantitative estimate of drug-likeness (QED) is 0.688. The molecule has 1 aromatic rings. The third-order valence-electron chi connectivity index (χ3n) is 3.85. The molecule has 0 spiro atoms. The molecule has 5 nitrogen and oxygen atoms in total. The molecule has 1 saturated heterocycles. The van der Waals surface area contributed by atoms with E-state index in [1.807, 2.05) is 12.4 Å². The van der Waals surface area contributed by atoms with Crippen LogP contribution in [0.5, 0.6) is 0 Å². The maximum absolute atomic E-state index is 11.4. The monoisotopic (exact) mass is 312 g/mol. The normalized spacial score (nSPS) is 18.3. The van der Waals surface area contributed by atoms with E-state index in [4.69, 9.17) is 9.47 Å². The van der Waals surface area contributed by atoms with Crippen LogP contribution in [0.25, 0.3) is 0 Å². The van der Waals surface area contributed by atoms with E-state index in [0.29, 0.717) is 12.5 Å². The van der Waals surface area contributed by atoms with Crippen molar-refractivity contribution in [2.45, 2.75) is 38.7 Å². The van der Waals surface area contributed by atoms with Gasteiger partial charge in [-0.3, -0.25) is 9.69 Å². The second kappa shape index (κ2) is 8.46. The number of hydrogen-bond donors (Lipinski definition) is 0. The Kier molecular flexibility index (Phi) is 6.60.